The molecule has 0 amide bonds. The van der Waals surface area contributed by atoms with Gasteiger partial charge in [-0.1, -0.05) is 12.1 Å². The Kier molecular flexibility index (Phi) is 5.17. The zero-order valence-electron chi connectivity index (χ0n) is 16.2. The molecular weight excluding hydrogens is 360 g/mol. The maximum atomic E-state index is 13.1. The summed E-state index contributed by atoms with van der Waals surface area (Å²) in [5, 5.41) is 4.17. The van der Waals surface area contributed by atoms with Crippen molar-refractivity contribution in [1.82, 2.24) is 19.5 Å². The van der Waals surface area contributed by atoms with Crippen molar-refractivity contribution < 1.29 is 8.42 Å². The molecular formula is C20H24N4O2S. The summed E-state index contributed by atoms with van der Waals surface area (Å²) in [5.41, 5.74) is 5.88. The van der Waals surface area contributed by atoms with Crippen LogP contribution in [0.3, 0.4) is 0 Å². The Morgan fingerprint density at radius 2 is 1.78 bits per heavy atom. The summed E-state index contributed by atoms with van der Waals surface area (Å²) in [6, 6.07) is 5.70. The minimum absolute atomic E-state index is 0.159. The Labute approximate surface area is 160 Å². The second-order valence-corrected chi connectivity index (χ2v) is 8.53. The zero-order valence-corrected chi connectivity index (χ0v) is 17.1. The van der Waals surface area contributed by atoms with Gasteiger partial charge in [0.15, 0.2) is 0 Å². The summed E-state index contributed by atoms with van der Waals surface area (Å²) in [6.07, 6.45) is 5.27. The van der Waals surface area contributed by atoms with E-state index in [9.17, 15) is 8.42 Å². The predicted molar refractivity (Wildman–Crippen MR) is 106 cm³/mol. The van der Waals surface area contributed by atoms with E-state index in [0.29, 0.717) is 4.90 Å². The first-order chi connectivity index (χ1) is 12.7. The van der Waals surface area contributed by atoms with Crippen LogP contribution in [0.25, 0.3) is 11.3 Å². The third-order valence-corrected chi connectivity index (χ3v) is 6.56. The number of pyridine rings is 1. The molecule has 2 aromatic heterocycles. The van der Waals surface area contributed by atoms with E-state index in [1.165, 1.54) is 0 Å². The summed E-state index contributed by atoms with van der Waals surface area (Å²) >= 11 is 0. The van der Waals surface area contributed by atoms with Crippen LogP contribution in [0, 0.1) is 27.7 Å². The smallest absolute Gasteiger partial charge is 0.241 e. The monoisotopic (exact) mass is 384 g/mol. The Bertz CT molecular complexity index is 1070. The summed E-state index contributed by atoms with van der Waals surface area (Å²) in [6.45, 7) is 7.72. The molecule has 0 unspecified atom stereocenters. The summed E-state index contributed by atoms with van der Waals surface area (Å²) in [7, 11) is -1.82. The quantitative estimate of drug-likeness (QED) is 0.733. The average molecular weight is 385 g/mol. The molecule has 142 valence electrons. The third-order valence-electron chi connectivity index (χ3n) is 4.89. The number of benzene rings is 1. The van der Waals surface area contributed by atoms with Gasteiger partial charge in [-0.25, -0.2) is 13.1 Å². The molecule has 3 rings (SSSR count). The molecule has 0 saturated heterocycles. The molecule has 0 saturated carbocycles. The lowest BCUT2D eigenvalue weighted by atomic mass is 10.0. The molecule has 0 aliphatic heterocycles. The van der Waals surface area contributed by atoms with Crippen molar-refractivity contribution in [1.29, 1.82) is 0 Å². The van der Waals surface area contributed by atoms with Crippen LogP contribution in [0.4, 0.5) is 0 Å². The third kappa shape index (κ3) is 3.79. The Balaban J connectivity index is 1.95. The number of rotatable bonds is 5. The van der Waals surface area contributed by atoms with Crippen molar-refractivity contribution in [3.63, 3.8) is 0 Å². The van der Waals surface area contributed by atoms with Gasteiger partial charge >= 0.3 is 0 Å². The van der Waals surface area contributed by atoms with Crippen LogP contribution in [-0.2, 0) is 23.6 Å². The summed E-state index contributed by atoms with van der Waals surface area (Å²) in [5.74, 6) is 0. The molecule has 27 heavy (non-hydrogen) atoms. The van der Waals surface area contributed by atoms with Crippen LogP contribution in [0.2, 0.25) is 0 Å². The van der Waals surface area contributed by atoms with E-state index in [1.54, 1.807) is 23.1 Å². The van der Waals surface area contributed by atoms with Crippen LogP contribution in [0.15, 0.2) is 41.7 Å². The van der Waals surface area contributed by atoms with Crippen molar-refractivity contribution in [2.75, 3.05) is 0 Å². The zero-order chi connectivity index (χ0) is 19.8. The van der Waals surface area contributed by atoms with Crippen molar-refractivity contribution in [3.8, 4) is 11.3 Å². The molecule has 1 aromatic carbocycles. The average Bonchev–Trinajstić information content (AvgIpc) is 3.05. The number of sulfonamides is 1. The molecule has 0 fully saturated rings. The van der Waals surface area contributed by atoms with Crippen molar-refractivity contribution in [3.05, 3.63) is 64.6 Å². The van der Waals surface area contributed by atoms with E-state index in [0.717, 1.165) is 39.1 Å². The van der Waals surface area contributed by atoms with Gasteiger partial charge in [-0.15, -0.1) is 0 Å². The van der Waals surface area contributed by atoms with Crippen LogP contribution < -0.4 is 4.72 Å². The first-order valence-electron chi connectivity index (χ1n) is 8.70. The van der Waals surface area contributed by atoms with Gasteiger partial charge in [-0.3, -0.25) is 9.67 Å². The highest BCUT2D eigenvalue weighted by Gasteiger charge is 2.22. The first kappa shape index (κ1) is 19.3. The lowest BCUT2D eigenvalue weighted by Crippen LogP contribution is -2.25. The van der Waals surface area contributed by atoms with E-state index in [2.05, 4.69) is 14.8 Å². The highest BCUT2D eigenvalue weighted by Crippen LogP contribution is 2.27. The topological polar surface area (TPSA) is 76.9 Å². The largest absolute Gasteiger partial charge is 0.275 e. The molecule has 0 aliphatic rings. The molecule has 0 atom stereocenters. The highest BCUT2D eigenvalue weighted by molar-refractivity contribution is 7.89. The molecule has 0 bridgehead atoms. The van der Waals surface area contributed by atoms with Gasteiger partial charge in [-0.05, 0) is 61.6 Å². The second-order valence-electron chi connectivity index (χ2n) is 6.83. The van der Waals surface area contributed by atoms with Gasteiger partial charge in [0.05, 0.1) is 16.8 Å². The Morgan fingerprint density at radius 3 is 2.37 bits per heavy atom. The van der Waals surface area contributed by atoms with Gasteiger partial charge < -0.3 is 0 Å². The van der Waals surface area contributed by atoms with Gasteiger partial charge in [0.25, 0.3) is 0 Å². The fraction of sp³-hybridized carbons (Fsp3) is 0.300. The van der Waals surface area contributed by atoms with Crippen LogP contribution in [0.1, 0.15) is 27.8 Å². The lowest BCUT2D eigenvalue weighted by Gasteiger charge is -2.16. The van der Waals surface area contributed by atoms with E-state index >= 15 is 0 Å². The summed E-state index contributed by atoms with van der Waals surface area (Å²) < 4.78 is 30.6. The fourth-order valence-electron chi connectivity index (χ4n) is 3.21. The number of nitrogens with one attached hydrogen (secondary N) is 1. The Morgan fingerprint density at radius 1 is 1.11 bits per heavy atom. The normalized spacial score (nSPS) is 11.7. The summed E-state index contributed by atoms with van der Waals surface area (Å²) in [4.78, 5) is 4.78. The number of hydrogen-bond acceptors (Lipinski definition) is 4. The first-order valence-corrected chi connectivity index (χ1v) is 10.2. The number of hydrogen-bond donors (Lipinski definition) is 1. The van der Waals surface area contributed by atoms with Crippen molar-refractivity contribution >= 4 is 10.0 Å². The maximum absolute atomic E-state index is 13.1. The van der Waals surface area contributed by atoms with E-state index in [4.69, 9.17) is 0 Å². The SMILES string of the molecule is Cc1cc(C)c(C)c(S(=O)(=O)NCc2cccnc2-c2cnn(C)c2)c1C. The molecule has 3 aromatic rings. The number of aryl methyl sites for hydroxylation is 3. The van der Waals surface area contributed by atoms with E-state index in [-0.39, 0.29) is 6.54 Å². The van der Waals surface area contributed by atoms with Crippen LogP contribution >= 0.6 is 0 Å². The molecule has 0 aliphatic carbocycles. The number of aromatic nitrogens is 3. The lowest BCUT2D eigenvalue weighted by molar-refractivity contribution is 0.579. The molecule has 7 heteroatoms. The van der Waals surface area contributed by atoms with Crippen LogP contribution in [-0.4, -0.2) is 23.2 Å². The van der Waals surface area contributed by atoms with Gasteiger partial charge in [0.1, 0.15) is 0 Å². The van der Waals surface area contributed by atoms with Crippen molar-refractivity contribution in [2.24, 2.45) is 7.05 Å². The molecule has 0 radical (unpaired) electrons. The van der Waals surface area contributed by atoms with Gasteiger partial charge in [0.2, 0.25) is 10.0 Å². The highest BCUT2D eigenvalue weighted by atomic mass is 32.2. The fourth-order valence-corrected chi connectivity index (χ4v) is 4.83. The molecule has 2 heterocycles. The van der Waals surface area contributed by atoms with E-state index < -0.39 is 10.0 Å². The minimum atomic E-state index is -3.66. The second kappa shape index (κ2) is 7.25. The molecule has 1 N–H and O–H groups in total. The van der Waals surface area contributed by atoms with E-state index in [1.807, 2.05) is 53.1 Å². The Hall–Kier alpha value is -2.51. The standard InChI is InChI=1S/C20H24N4O2S/c1-13-9-14(2)16(4)20(15(13)3)27(25,26)23-11-17-7-6-8-21-19(17)18-10-22-24(5)12-18/h6-10,12,23H,11H2,1-5H3. The molecule has 6 nitrogen and oxygen atoms in total. The van der Waals surface area contributed by atoms with Crippen molar-refractivity contribution in [2.45, 2.75) is 39.1 Å². The number of nitrogens with zero attached hydrogens (tertiary/aromatic N) is 3. The van der Waals surface area contributed by atoms with Gasteiger partial charge in [-0.2, -0.15) is 5.10 Å². The maximum Gasteiger partial charge on any atom is 0.241 e. The minimum Gasteiger partial charge on any atom is -0.275 e. The van der Waals surface area contributed by atoms with Gasteiger partial charge in [0, 0.05) is 31.5 Å². The van der Waals surface area contributed by atoms with Crippen LogP contribution in [0.5, 0.6) is 0 Å². The predicted octanol–water partition coefficient (Wildman–Crippen LogP) is 3.19. The molecule has 0 spiro atoms.